The first-order valence-corrected chi connectivity index (χ1v) is 5.20. The van der Waals surface area contributed by atoms with E-state index >= 15 is 0 Å². The summed E-state index contributed by atoms with van der Waals surface area (Å²) < 4.78 is 5.03. The van der Waals surface area contributed by atoms with Crippen molar-refractivity contribution in [1.82, 2.24) is 0 Å². The van der Waals surface area contributed by atoms with E-state index in [-0.39, 0.29) is 12.6 Å². The summed E-state index contributed by atoms with van der Waals surface area (Å²) in [6.07, 6.45) is 1.03. The van der Waals surface area contributed by atoms with E-state index in [4.69, 9.17) is 22.1 Å². The van der Waals surface area contributed by atoms with E-state index in [2.05, 4.69) is 0 Å². The summed E-state index contributed by atoms with van der Waals surface area (Å²) in [5, 5.41) is 0.644. The summed E-state index contributed by atoms with van der Waals surface area (Å²) in [6, 6.07) is 7.24. The first-order valence-electron chi connectivity index (χ1n) is 4.82. The molecule has 0 aromatic heterocycles. The van der Waals surface area contributed by atoms with Crippen LogP contribution in [0, 0.1) is 0 Å². The molecule has 0 fully saturated rings. The number of halogens is 1. The highest BCUT2D eigenvalue weighted by atomic mass is 35.5. The molecular weight excluding hydrogens is 214 g/mol. The average molecular weight is 228 g/mol. The lowest BCUT2D eigenvalue weighted by molar-refractivity contribution is -0.145. The topological polar surface area (TPSA) is 52.3 Å². The predicted molar refractivity (Wildman–Crippen MR) is 59.5 cm³/mol. The molecule has 0 spiro atoms. The number of benzene rings is 1. The molecule has 15 heavy (non-hydrogen) atoms. The summed E-state index contributed by atoms with van der Waals surface area (Å²) in [6.45, 7) is 0.774. The molecule has 0 aliphatic rings. The first kappa shape index (κ1) is 12.0. The van der Waals surface area contributed by atoms with Gasteiger partial charge >= 0.3 is 5.97 Å². The number of rotatable bonds is 5. The van der Waals surface area contributed by atoms with Crippen molar-refractivity contribution in [3.05, 3.63) is 34.9 Å². The van der Waals surface area contributed by atoms with Gasteiger partial charge < -0.3 is 10.5 Å². The van der Waals surface area contributed by atoms with Crippen LogP contribution in [0.1, 0.15) is 18.4 Å². The Morgan fingerprint density at radius 2 is 2.27 bits per heavy atom. The van der Waals surface area contributed by atoms with Crippen LogP contribution in [-0.2, 0) is 16.1 Å². The minimum Gasteiger partial charge on any atom is -0.461 e. The maximum Gasteiger partial charge on any atom is 0.306 e. The van der Waals surface area contributed by atoms with Crippen LogP contribution >= 0.6 is 11.6 Å². The zero-order chi connectivity index (χ0) is 11.1. The third-order valence-corrected chi connectivity index (χ3v) is 2.11. The number of nitrogens with two attached hydrogens (primary N) is 1. The second-order valence-corrected chi connectivity index (χ2v) is 3.62. The van der Waals surface area contributed by atoms with Crippen molar-refractivity contribution in [1.29, 1.82) is 0 Å². The first-order chi connectivity index (χ1) is 7.22. The summed E-state index contributed by atoms with van der Waals surface area (Å²) in [4.78, 5) is 11.1. The third kappa shape index (κ3) is 4.81. The Morgan fingerprint density at radius 3 is 2.93 bits per heavy atom. The molecule has 1 rings (SSSR count). The SMILES string of the molecule is NCCCC(=O)OCc1cccc(Cl)c1. The van der Waals surface area contributed by atoms with Gasteiger partial charge in [-0.1, -0.05) is 23.7 Å². The summed E-state index contributed by atoms with van der Waals surface area (Å²) >= 11 is 5.79. The van der Waals surface area contributed by atoms with Crippen molar-refractivity contribution in [2.24, 2.45) is 5.73 Å². The van der Waals surface area contributed by atoms with E-state index in [0.717, 1.165) is 5.56 Å². The summed E-state index contributed by atoms with van der Waals surface area (Å²) in [7, 11) is 0. The molecule has 0 saturated heterocycles. The van der Waals surface area contributed by atoms with Crippen molar-refractivity contribution in [3.8, 4) is 0 Å². The zero-order valence-corrected chi connectivity index (χ0v) is 9.17. The quantitative estimate of drug-likeness (QED) is 0.784. The Morgan fingerprint density at radius 1 is 1.47 bits per heavy atom. The fraction of sp³-hybridized carbons (Fsp3) is 0.364. The smallest absolute Gasteiger partial charge is 0.306 e. The van der Waals surface area contributed by atoms with Gasteiger partial charge in [0.15, 0.2) is 0 Å². The molecule has 0 heterocycles. The van der Waals surface area contributed by atoms with Gasteiger partial charge in [0.1, 0.15) is 6.61 Å². The molecule has 0 unspecified atom stereocenters. The molecule has 1 aromatic rings. The largest absolute Gasteiger partial charge is 0.461 e. The number of ether oxygens (including phenoxy) is 1. The minimum absolute atomic E-state index is 0.222. The lowest BCUT2D eigenvalue weighted by atomic mass is 10.2. The number of esters is 1. The van der Waals surface area contributed by atoms with E-state index in [1.54, 1.807) is 12.1 Å². The van der Waals surface area contributed by atoms with Crippen LogP contribution in [0.4, 0.5) is 0 Å². The van der Waals surface area contributed by atoms with E-state index < -0.39 is 0 Å². The number of carbonyl (C=O) groups is 1. The van der Waals surface area contributed by atoms with Gasteiger partial charge in [-0.05, 0) is 30.7 Å². The van der Waals surface area contributed by atoms with Crippen molar-refractivity contribution >= 4 is 17.6 Å². The fourth-order valence-electron chi connectivity index (χ4n) is 1.11. The zero-order valence-electron chi connectivity index (χ0n) is 8.41. The molecule has 1 aromatic carbocycles. The average Bonchev–Trinajstić information content (AvgIpc) is 2.23. The van der Waals surface area contributed by atoms with Gasteiger partial charge in [0.2, 0.25) is 0 Å². The lowest BCUT2D eigenvalue weighted by Crippen LogP contribution is -2.07. The van der Waals surface area contributed by atoms with Crippen LogP contribution in [0.2, 0.25) is 5.02 Å². The number of carbonyl (C=O) groups excluding carboxylic acids is 1. The van der Waals surface area contributed by atoms with Crippen LogP contribution in [0.5, 0.6) is 0 Å². The van der Waals surface area contributed by atoms with Crippen LogP contribution in [0.3, 0.4) is 0 Å². The molecule has 0 bridgehead atoms. The maximum absolute atomic E-state index is 11.1. The van der Waals surface area contributed by atoms with Crippen molar-refractivity contribution < 1.29 is 9.53 Å². The highest BCUT2D eigenvalue weighted by molar-refractivity contribution is 6.30. The van der Waals surface area contributed by atoms with Crippen LogP contribution in [0.15, 0.2) is 24.3 Å². The Balaban J connectivity index is 2.33. The van der Waals surface area contributed by atoms with E-state index in [9.17, 15) is 4.79 Å². The standard InChI is InChI=1S/C11H14ClNO2/c12-10-4-1-3-9(7-10)8-15-11(14)5-2-6-13/h1,3-4,7H,2,5-6,8,13H2. The Hall–Kier alpha value is -1.06. The molecule has 0 radical (unpaired) electrons. The minimum atomic E-state index is -0.222. The van der Waals surface area contributed by atoms with E-state index in [1.807, 2.05) is 12.1 Å². The van der Waals surface area contributed by atoms with Gasteiger partial charge in [-0.2, -0.15) is 0 Å². The van der Waals surface area contributed by atoms with Gasteiger partial charge in [-0.3, -0.25) is 4.79 Å². The van der Waals surface area contributed by atoms with Gasteiger partial charge in [0, 0.05) is 11.4 Å². The molecule has 82 valence electrons. The summed E-state index contributed by atoms with van der Waals surface area (Å²) in [5.41, 5.74) is 6.17. The van der Waals surface area contributed by atoms with Crippen molar-refractivity contribution in [3.63, 3.8) is 0 Å². The van der Waals surface area contributed by atoms with Crippen LogP contribution in [0.25, 0.3) is 0 Å². The molecule has 3 nitrogen and oxygen atoms in total. The number of hydrogen-bond donors (Lipinski definition) is 1. The van der Waals surface area contributed by atoms with Crippen LogP contribution < -0.4 is 5.73 Å². The number of hydrogen-bond acceptors (Lipinski definition) is 3. The second-order valence-electron chi connectivity index (χ2n) is 3.18. The molecule has 0 atom stereocenters. The Bertz CT molecular complexity index is 328. The highest BCUT2D eigenvalue weighted by Gasteiger charge is 2.02. The van der Waals surface area contributed by atoms with Gasteiger partial charge in [-0.25, -0.2) is 0 Å². The molecular formula is C11H14ClNO2. The van der Waals surface area contributed by atoms with Crippen molar-refractivity contribution in [2.75, 3.05) is 6.54 Å². The van der Waals surface area contributed by atoms with E-state index in [0.29, 0.717) is 24.4 Å². The van der Waals surface area contributed by atoms with Gasteiger partial charge in [0.05, 0.1) is 0 Å². The fourth-order valence-corrected chi connectivity index (χ4v) is 1.32. The molecule has 4 heteroatoms. The van der Waals surface area contributed by atoms with Crippen molar-refractivity contribution in [2.45, 2.75) is 19.4 Å². The Labute approximate surface area is 94.2 Å². The molecule has 0 aliphatic carbocycles. The predicted octanol–water partition coefficient (Wildman–Crippen LogP) is 2.12. The Kier molecular flexibility index (Phi) is 5.15. The van der Waals surface area contributed by atoms with Crippen LogP contribution in [-0.4, -0.2) is 12.5 Å². The molecule has 2 N–H and O–H groups in total. The monoisotopic (exact) mass is 227 g/mol. The normalized spacial score (nSPS) is 10.0. The van der Waals surface area contributed by atoms with Gasteiger partial charge in [-0.15, -0.1) is 0 Å². The lowest BCUT2D eigenvalue weighted by Gasteiger charge is -2.04. The maximum atomic E-state index is 11.1. The summed E-state index contributed by atoms with van der Waals surface area (Å²) in [5.74, 6) is -0.222. The molecule has 0 saturated carbocycles. The third-order valence-electron chi connectivity index (χ3n) is 1.87. The molecule has 0 aliphatic heterocycles. The highest BCUT2D eigenvalue weighted by Crippen LogP contribution is 2.11. The second kappa shape index (κ2) is 6.43. The van der Waals surface area contributed by atoms with E-state index in [1.165, 1.54) is 0 Å². The molecule has 0 amide bonds. The van der Waals surface area contributed by atoms with Gasteiger partial charge in [0.25, 0.3) is 0 Å².